The molecule has 0 radical (unpaired) electrons. The minimum atomic E-state index is -0.439. The van der Waals surface area contributed by atoms with Crippen LogP contribution >= 0.6 is 0 Å². The van der Waals surface area contributed by atoms with Crippen molar-refractivity contribution in [2.45, 2.75) is 39.2 Å². The van der Waals surface area contributed by atoms with Gasteiger partial charge in [-0.15, -0.1) is 0 Å². The van der Waals surface area contributed by atoms with Crippen LogP contribution in [0.3, 0.4) is 0 Å². The van der Waals surface area contributed by atoms with Crippen LogP contribution in [-0.2, 0) is 20.9 Å². The van der Waals surface area contributed by atoms with Gasteiger partial charge in [0.2, 0.25) is 0 Å². The summed E-state index contributed by atoms with van der Waals surface area (Å²) in [5.41, 5.74) is 5.97. The maximum absolute atomic E-state index is 13.5. The highest BCUT2D eigenvalue weighted by molar-refractivity contribution is 6.11. The van der Waals surface area contributed by atoms with Crippen LogP contribution in [0, 0.1) is 11.8 Å². The van der Waals surface area contributed by atoms with E-state index in [4.69, 9.17) is 14.5 Å². The number of nitrogens with zero attached hydrogens (tertiary/aromatic N) is 1. The highest BCUT2D eigenvalue weighted by Crippen LogP contribution is 2.44. The lowest BCUT2D eigenvalue weighted by Gasteiger charge is -2.37. The molecule has 0 bridgehead atoms. The number of fused-ring (bicyclic) bond motifs is 1. The van der Waals surface area contributed by atoms with Crippen LogP contribution in [-0.4, -0.2) is 24.6 Å². The highest BCUT2D eigenvalue weighted by atomic mass is 16.5. The van der Waals surface area contributed by atoms with Crippen LogP contribution in [0.25, 0.3) is 11.1 Å². The average molecular weight is 494 g/mol. The number of allylic oxidation sites excluding steroid dienone is 1. The van der Waals surface area contributed by atoms with Gasteiger partial charge in [-0.3, -0.25) is 9.79 Å². The fraction of sp³-hybridized carbons (Fsp3) is 0.281. The first-order valence-electron chi connectivity index (χ1n) is 12.7. The van der Waals surface area contributed by atoms with E-state index in [-0.39, 0.29) is 18.3 Å². The lowest BCUT2D eigenvalue weighted by atomic mass is 9.67. The molecular formula is C32H31NO4. The van der Waals surface area contributed by atoms with E-state index in [9.17, 15) is 9.59 Å². The Morgan fingerprint density at radius 3 is 2.24 bits per heavy atom. The summed E-state index contributed by atoms with van der Waals surface area (Å²) in [4.78, 5) is 31.7. The van der Waals surface area contributed by atoms with E-state index < -0.39 is 17.8 Å². The second-order valence-electron chi connectivity index (χ2n) is 9.95. The molecule has 1 heterocycles. The number of esters is 1. The number of methoxy groups -OCH3 is 1. The molecule has 3 aromatic rings. The number of aliphatic imine (C=N–C) groups is 1. The van der Waals surface area contributed by atoms with Crippen molar-refractivity contribution in [3.8, 4) is 16.9 Å². The van der Waals surface area contributed by atoms with Crippen molar-refractivity contribution in [2.24, 2.45) is 16.8 Å². The molecule has 37 heavy (non-hydrogen) atoms. The molecule has 1 aliphatic heterocycles. The quantitative estimate of drug-likeness (QED) is 0.366. The van der Waals surface area contributed by atoms with Crippen LogP contribution in [0.4, 0.5) is 0 Å². The van der Waals surface area contributed by atoms with Crippen molar-refractivity contribution in [1.29, 1.82) is 0 Å². The Morgan fingerprint density at radius 2 is 1.57 bits per heavy atom. The topological polar surface area (TPSA) is 65.0 Å². The van der Waals surface area contributed by atoms with Gasteiger partial charge in [0, 0.05) is 23.7 Å². The Bertz CT molecular complexity index is 1350. The minimum absolute atomic E-state index is 0.130. The molecule has 5 nitrogen and oxygen atoms in total. The van der Waals surface area contributed by atoms with Crippen LogP contribution in [0.2, 0.25) is 0 Å². The molecule has 3 aromatic carbocycles. The summed E-state index contributed by atoms with van der Waals surface area (Å²) in [6.07, 6.45) is 1.26. The predicted molar refractivity (Wildman–Crippen MR) is 144 cm³/mol. The fourth-order valence-electron chi connectivity index (χ4n) is 5.47. The van der Waals surface area contributed by atoms with Crippen molar-refractivity contribution in [3.05, 3.63) is 101 Å². The molecule has 5 rings (SSSR count). The number of rotatable bonds is 6. The zero-order chi connectivity index (χ0) is 25.9. The number of Topliss-reactive ketones (excluding diaryl/α,β-unsaturated/α-hetero) is 1. The van der Waals surface area contributed by atoms with Crippen molar-refractivity contribution in [2.75, 3.05) is 7.11 Å². The molecule has 0 spiro atoms. The van der Waals surface area contributed by atoms with Gasteiger partial charge in [-0.1, -0.05) is 73.7 Å². The number of ether oxygens (including phenoxy) is 2. The van der Waals surface area contributed by atoms with E-state index in [1.54, 1.807) is 7.11 Å². The van der Waals surface area contributed by atoms with E-state index in [1.165, 1.54) is 0 Å². The van der Waals surface area contributed by atoms with Gasteiger partial charge >= 0.3 is 5.97 Å². The Morgan fingerprint density at radius 1 is 0.892 bits per heavy atom. The number of benzene rings is 3. The molecule has 1 fully saturated rings. The number of ketones is 1. The Hall–Kier alpha value is -3.99. The third-order valence-electron chi connectivity index (χ3n) is 7.28. The number of hydrogen-bond donors (Lipinski definition) is 0. The molecule has 3 atom stereocenters. The summed E-state index contributed by atoms with van der Waals surface area (Å²) in [7, 11) is 1.61. The van der Waals surface area contributed by atoms with Crippen molar-refractivity contribution < 1.29 is 19.1 Å². The van der Waals surface area contributed by atoms with Gasteiger partial charge in [0.1, 0.15) is 18.1 Å². The van der Waals surface area contributed by atoms with Crippen LogP contribution < -0.4 is 4.74 Å². The number of carbonyl (C=O) groups excluding carboxylic acids is 2. The summed E-state index contributed by atoms with van der Waals surface area (Å²) in [6.45, 7) is 4.06. The SMILES string of the molecule is COc1ccc(COC(=O)C2=C(C)N=C3CC(C)CC(=O)C3C2c2ccc(-c3ccccc3)cc2)cc1. The van der Waals surface area contributed by atoms with Crippen molar-refractivity contribution >= 4 is 17.5 Å². The standard InChI is InChI=1S/C32H31NO4/c1-20-17-27-31(28(34)18-20)30(25-13-11-24(12-14-25)23-7-5-4-6-8-23)29(21(2)33-27)32(35)37-19-22-9-15-26(36-3)16-10-22/h4-16,20,30-31H,17-19H2,1-3H3. The van der Waals surface area contributed by atoms with Crippen molar-refractivity contribution in [1.82, 2.24) is 0 Å². The summed E-state index contributed by atoms with van der Waals surface area (Å²) in [6, 6.07) is 25.8. The average Bonchev–Trinajstić information content (AvgIpc) is 2.91. The minimum Gasteiger partial charge on any atom is -0.497 e. The molecule has 1 aliphatic carbocycles. The first kappa shape index (κ1) is 24.7. The largest absolute Gasteiger partial charge is 0.497 e. The lowest BCUT2D eigenvalue weighted by molar-refractivity contribution is -0.140. The van der Waals surface area contributed by atoms with E-state index in [0.717, 1.165) is 40.1 Å². The monoisotopic (exact) mass is 493 g/mol. The lowest BCUT2D eigenvalue weighted by Crippen LogP contribution is -2.41. The molecule has 5 heteroatoms. The zero-order valence-electron chi connectivity index (χ0n) is 21.4. The van der Waals surface area contributed by atoms with Gasteiger partial charge in [-0.25, -0.2) is 4.79 Å². The summed E-state index contributed by atoms with van der Waals surface area (Å²) in [5, 5.41) is 0. The zero-order valence-corrected chi connectivity index (χ0v) is 21.4. The Kier molecular flexibility index (Phi) is 7.04. The number of hydrogen-bond acceptors (Lipinski definition) is 5. The molecule has 0 N–H and O–H groups in total. The molecule has 188 valence electrons. The van der Waals surface area contributed by atoms with E-state index in [0.29, 0.717) is 17.7 Å². The normalized spacial score (nSPS) is 21.2. The van der Waals surface area contributed by atoms with Crippen molar-refractivity contribution in [3.63, 3.8) is 0 Å². The molecule has 0 amide bonds. The maximum Gasteiger partial charge on any atom is 0.336 e. The maximum atomic E-state index is 13.5. The highest BCUT2D eigenvalue weighted by Gasteiger charge is 2.45. The summed E-state index contributed by atoms with van der Waals surface area (Å²) >= 11 is 0. The molecular weight excluding hydrogens is 462 g/mol. The van der Waals surface area contributed by atoms with Gasteiger partial charge in [0.25, 0.3) is 0 Å². The Labute approximate surface area is 217 Å². The van der Waals surface area contributed by atoms with Crippen LogP contribution in [0.15, 0.2) is 95.1 Å². The van der Waals surface area contributed by atoms with Gasteiger partial charge in [-0.2, -0.15) is 0 Å². The van der Waals surface area contributed by atoms with Crippen LogP contribution in [0.5, 0.6) is 5.75 Å². The second kappa shape index (κ2) is 10.6. The van der Waals surface area contributed by atoms with Crippen LogP contribution in [0.1, 0.15) is 43.7 Å². The van der Waals surface area contributed by atoms with Gasteiger partial charge < -0.3 is 9.47 Å². The smallest absolute Gasteiger partial charge is 0.336 e. The molecule has 0 aromatic heterocycles. The third kappa shape index (κ3) is 5.12. The second-order valence-corrected chi connectivity index (χ2v) is 9.95. The van der Waals surface area contributed by atoms with Gasteiger partial charge in [0.05, 0.1) is 18.6 Å². The number of carbonyl (C=O) groups is 2. The van der Waals surface area contributed by atoms with E-state index >= 15 is 0 Å². The Balaban J connectivity index is 1.48. The summed E-state index contributed by atoms with van der Waals surface area (Å²) in [5.74, 6) is -0.152. The molecule has 0 saturated heterocycles. The summed E-state index contributed by atoms with van der Waals surface area (Å²) < 4.78 is 11.0. The van der Waals surface area contributed by atoms with Gasteiger partial charge in [0.15, 0.2) is 0 Å². The first-order valence-corrected chi connectivity index (χ1v) is 12.7. The molecule has 3 unspecified atom stereocenters. The molecule has 2 aliphatic rings. The first-order chi connectivity index (χ1) is 17.9. The van der Waals surface area contributed by atoms with E-state index in [2.05, 4.69) is 31.2 Å². The fourth-order valence-corrected chi connectivity index (χ4v) is 5.47. The predicted octanol–water partition coefficient (Wildman–Crippen LogP) is 6.53. The molecule has 1 saturated carbocycles. The van der Waals surface area contributed by atoms with E-state index in [1.807, 2.05) is 61.5 Å². The third-order valence-corrected chi connectivity index (χ3v) is 7.28. The van der Waals surface area contributed by atoms with Gasteiger partial charge in [-0.05, 0) is 53.6 Å².